The molecule has 1 rings (SSSR count). The summed E-state index contributed by atoms with van der Waals surface area (Å²) in [6.45, 7) is 8.37. The topological polar surface area (TPSA) is 65.4 Å². The normalized spacial score (nSPS) is 9.06. The second-order valence-corrected chi connectivity index (χ2v) is 4.29. The molecule has 0 amide bonds. The molecule has 1 aromatic heterocycles. The van der Waals surface area contributed by atoms with Crippen LogP contribution in [0, 0.1) is 23.2 Å². The molecule has 0 saturated heterocycles. The smallest absolute Gasteiger partial charge is 0.137 e. The molecule has 0 aromatic carbocycles. The average Bonchev–Trinajstić information content (AvgIpc) is 2.56. The lowest BCUT2D eigenvalue weighted by molar-refractivity contribution is 0.622. The molecule has 4 heteroatoms. The molecule has 0 aliphatic carbocycles. The zero-order chi connectivity index (χ0) is 11.7. The van der Waals surface area contributed by atoms with E-state index in [2.05, 4.69) is 35.1 Å². The SMILES string of the molecule is C.CC(C)CC#N.CC(C)Cc1ncn[nH]1. The molecule has 0 atom stereocenters. The van der Waals surface area contributed by atoms with Crippen LogP contribution in [0.2, 0.25) is 0 Å². The van der Waals surface area contributed by atoms with Gasteiger partial charge in [0.1, 0.15) is 12.2 Å². The third-order valence-electron chi connectivity index (χ3n) is 1.57. The van der Waals surface area contributed by atoms with Gasteiger partial charge in [-0.15, -0.1) is 0 Å². The highest BCUT2D eigenvalue weighted by Crippen LogP contribution is 1.99. The second kappa shape index (κ2) is 10.2. The largest absolute Gasteiger partial charge is 0.263 e. The molecule has 1 aromatic rings. The first-order valence-electron chi connectivity index (χ1n) is 5.27. The van der Waals surface area contributed by atoms with Gasteiger partial charge in [-0.25, -0.2) is 4.98 Å². The molecule has 16 heavy (non-hydrogen) atoms. The summed E-state index contributed by atoms with van der Waals surface area (Å²) >= 11 is 0. The van der Waals surface area contributed by atoms with Crippen molar-refractivity contribution in [2.45, 2.75) is 48.0 Å². The Morgan fingerprint density at radius 3 is 2.19 bits per heavy atom. The Balaban J connectivity index is 0. The van der Waals surface area contributed by atoms with E-state index in [1.165, 1.54) is 6.33 Å². The summed E-state index contributed by atoms with van der Waals surface area (Å²) in [7, 11) is 0. The van der Waals surface area contributed by atoms with Crippen molar-refractivity contribution in [1.82, 2.24) is 15.2 Å². The molecule has 0 bridgehead atoms. The molecular weight excluding hydrogens is 200 g/mol. The van der Waals surface area contributed by atoms with Gasteiger partial charge >= 0.3 is 0 Å². The molecule has 0 aliphatic heterocycles. The van der Waals surface area contributed by atoms with Crippen LogP contribution >= 0.6 is 0 Å². The Labute approximate surface area is 99.1 Å². The molecule has 0 radical (unpaired) electrons. The zero-order valence-corrected chi connectivity index (χ0v) is 9.99. The average molecular weight is 224 g/mol. The van der Waals surface area contributed by atoms with Crippen LogP contribution in [0.3, 0.4) is 0 Å². The molecule has 0 unspecified atom stereocenters. The Kier molecular flexibility index (Phi) is 10.8. The number of aromatic amines is 1. The summed E-state index contributed by atoms with van der Waals surface area (Å²) in [6.07, 6.45) is 3.21. The van der Waals surface area contributed by atoms with Crippen LogP contribution in [0.4, 0.5) is 0 Å². The van der Waals surface area contributed by atoms with E-state index in [0.29, 0.717) is 18.3 Å². The van der Waals surface area contributed by atoms with E-state index in [4.69, 9.17) is 5.26 Å². The van der Waals surface area contributed by atoms with Gasteiger partial charge in [0.2, 0.25) is 0 Å². The third kappa shape index (κ3) is 10.7. The highest BCUT2D eigenvalue weighted by Gasteiger charge is 1.97. The molecule has 0 aliphatic rings. The van der Waals surface area contributed by atoms with Gasteiger partial charge in [0, 0.05) is 12.8 Å². The molecule has 0 fully saturated rings. The maximum atomic E-state index is 7.99. The zero-order valence-electron chi connectivity index (χ0n) is 9.99. The van der Waals surface area contributed by atoms with Crippen molar-refractivity contribution in [2.75, 3.05) is 0 Å². The first kappa shape index (κ1) is 17.0. The van der Waals surface area contributed by atoms with Crippen LogP contribution in [0.15, 0.2) is 6.33 Å². The number of nitrogens with zero attached hydrogens (tertiary/aromatic N) is 3. The molecule has 0 saturated carbocycles. The maximum Gasteiger partial charge on any atom is 0.137 e. The molecular formula is C12H24N4. The van der Waals surface area contributed by atoms with Gasteiger partial charge in [-0.3, -0.25) is 5.10 Å². The predicted molar refractivity (Wildman–Crippen MR) is 66.7 cm³/mol. The summed E-state index contributed by atoms with van der Waals surface area (Å²) in [5, 5.41) is 14.5. The monoisotopic (exact) mass is 224 g/mol. The number of nitrogens with one attached hydrogen (secondary N) is 1. The summed E-state index contributed by atoms with van der Waals surface area (Å²) < 4.78 is 0. The summed E-state index contributed by atoms with van der Waals surface area (Å²) in [4.78, 5) is 3.99. The lowest BCUT2D eigenvalue weighted by Gasteiger charge is -1.97. The van der Waals surface area contributed by atoms with E-state index < -0.39 is 0 Å². The van der Waals surface area contributed by atoms with Crippen LogP contribution in [0.5, 0.6) is 0 Å². The van der Waals surface area contributed by atoms with Gasteiger partial charge in [-0.05, 0) is 11.8 Å². The molecule has 1 heterocycles. The number of aromatic nitrogens is 3. The Hall–Kier alpha value is -1.37. The van der Waals surface area contributed by atoms with Crippen molar-refractivity contribution in [1.29, 1.82) is 5.26 Å². The van der Waals surface area contributed by atoms with E-state index >= 15 is 0 Å². The maximum absolute atomic E-state index is 7.99. The van der Waals surface area contributed by atoms with Crippen LogP contribution in [-0.2, 0) is 6.42 Å². The minimum Gasteiger partial charge on any atom is -0.263 e. The van der Waals surface area contributed by atoms with Crippen molar-refractivity contribution in [3.05, 3.63) is 12.2 Å². The van der Waals surface area contributed by atoms with Crippen LogP contribution in [-0.4, -0.2) is 15.2 Å². The van der Waals surface area contributed by atoms with Crippen LogP contribution in [0.25, 0.3) is 0 Å². The van der Waals surface area contributed by atoms with E-state index in [1.807, 2.05) is 13.8 Å². The predicted octanol–water partition coefficient (Wildman–Crippen LogP) is 3.20. The van der Waals surface area contributed by atoms with Crippen molar-refractivity contribution in [3.8, 4) is 6.07 Å². The second-order valence-electron chi connectivity index (χ2n) is 4.29. The lowest BCUT2D eigenvalue weighted by atomic mass is 10.1. The number of H-pyrrole nitrogens is 1. The van der Waals surface area contributed by atoms with Gasteiger partial charge in [0.15, 0.2) is 0 Å². The van der Waals surface area contributed by atoms with Crippen LogP contribution < -0.4 is 0 Å². The molecule has 0 spiro atoms. The third-order valence-corrected chi connectivity index (χ3v) is 1.57. The highest BCUT2D eigenvalue weighted by molar-refractivity contribution is 4.80. The van der Waals surface area contributed by atoms with Gasteiger partial charge < -0.3 is 0 Å². The Morgan fingerprint density at radius 2 is 1.94 bits per heavy atom. The van der Waals surface area contributed by atoms with Crippen molar-refractivity contribution >= 4 is 0 Å². The minimum absolute atomic E-state index is 0. The Morgan fingerprint density at radius 1 is 1.31 bits per heavy atom. The minimum atomic E-state index is 0. The van der Waals surface area contributed by atoms with Crippen molar-refractivity contribution in [2.24, 2.45) is 11.8 Å². The standard InChI is InChI=1S/C6H11N3.C5H9N.CH4/c1-5(2)3-6-7-4-8-9-6;1-5(2)3-4-6;/h4-5H,3H2,1-2H3,(H,7,8,9);5H,3H2,1-2H3;1H4. The number of hydrogen-bond acceptors (Lipinski definition) is 3. The van der Waals surface area contributed by atoms with Gasteiger partial charge in [0.25, 0.3) is 0 Å². The van der Waals surface area contributed by atoms with Gasteiger partial charge in [0.05, 0.1) is 6.07 Å². The Bertz CT molecular complexity index is 270. The van der Waals surface area contributed by atoms with E-state index in [9.17, 15) is 0 Å². The van der Waals surface area contributed by atoms with Gasteiger partial charge in [-0.2, -0.15) is 10.4 Å². The van der Waals surface area contributed by atoms with Crippen molar-refractivity contribution < 1.29 is 0 Å². The molecule has 4 nitrogen and oxygen atoms in total. The van der Waals surface area contributed by atoms with Gasteiger partial charge in [-0.1, -0.05) is 35.1 Å². The molecule has 92 valence electrons. The fourth-order valence-electron chi connectivity index (χ4n) is 0.898. The highest BCUT2D eigenvalue weighted by atomic mass is 15.2. The summed E-state index contributed by atoms with van der Waals surface area (Å²) in [5.41, 5.74) is 0. The summed E-state index contributed by atoms with van der Waals surface area (Å²) in [6, 6.07) is 2.07. The first-order valence-corrected chi connectivity index (χ1v) is 5.27. The van der Waals surface area contributed by atoms with E-state index in [0.717, 1.165) is 12.2 Å². The van der Waals surface area contributed by atoms with Crippen molar-refractivity contribution in [3.63, 3.8) is 0 Å². The quantitative estimate of drug-likeness (QED) is 0.857. The molecule has 1 N–H and O–H groups in total. The van der Waals surface area contributed by atoms with Crippen LogP contribution in [0.1, 0.15) is 47.4 Å². The van der Waals surface area contributed by atoms with E-state index in [-0.39, 0.29) is 7.43 Å². The lowest BCUT2D eigenvalue weighted by Crippen LogP contribution is -1.95. The fraction of sp³-hybridized carbons (Fsp3) is 0.750. The number of nitriles is 1. The summed E-state index contributed by atoms with van der Waals surface area (Å²) in [5.74, 6) is 2.16. The first-order chi connectivity index (χ1) is 7.06. The fourth-order valence-corrected chi connectivity index (χ4v) is 0.898. The number of rotatable bonds is 3. The number of hydrogen-bond donors (Lipinski definition) is 1. The van der Waals surface area contributed by atoms with E-state index in [1.54, 1.807) is 0 Å².